The first kappa shape index (κ1) is 22.4. The molecule has 1 heterocycles. The normalized spacial score (nSPS) is 28.8. The maximum Gasteiger partial charge on any atom is 0.325 e. The molecule has 3 fully saturated rings. The molecule has 178 valence electrons. The third-order valence-electron chi connectivity index (χ3n) is 7.95. The van der Waals surface area contributed by atoms with E-state index in [0.29, 0.717) is 17.4 Å². The van der Waals surface area contributed by atoms with Crippen LogP contribution in [0.5, 0.6) is 0 Å². The second-order valence-corrected chi connectivity index (χ2v) is 10.2. The van der Waals surface area contributed by atoms with Crippen molar-refractivity contribution < 1.29 is 19.2 Å². The highest BCUT2D eigenvalue weighted by Gasteiger charge is 2.49. The van der Waals surface area contributed by atoms with Crippen molar-refractivity contribution in [1.29, 1.82) is 0 Å². The Morgan fingerprint density at radius 1 is 1.12 bits per heavy atom. The summed E-state index contributed by atoms with van der Waals surface area (Å²) >= 11 is 0. The van der Waals surface area contributed by atoms with Gasteiger partial charge in [0.05, 0.1) is 0 Å². The number of imide groups is 2. The Balaban J connectivity index is 1.21. The van der Waals surface area contributed by atoms with Crippen molar-refractivity contribution in [3.63, 3.8) is 0 Å². The quantitative estimate of drug-likeness (QED) is 0.593. The van der Waals surface area contributed by atoms with Crippen LogP contribution in [0.25, 0.3) is 10.8 Å². The van der Waals surface area contributed by atoms with Crippen LogP contribution in [0.4, 0.5) is 9.59 Å². The number of urea groups is 2. The Morgan fingerprint density at radius 3 is 2.59 bits per heavy atom. The van der Waals surface area contributed by atoms with E-state index in [0.717, 1.165) is 28.0 Å². The predicted molar refractivity (Wildman–Crippen MR) is 127 cm³/mol. The lowest BCUT2D eigenvalue weighted by atomic mass is 9.84. The van der Waals surface area contributed by atoms with Gasteiger partial charge in [-0.25, -0.2) is 9.59 Å². The van der Waals surface area contributed by atoms with E-state index in [2.05, 4.69) is 16.0 Å². The minimum absolute atomic E-state index is 0.0315. The van der Waals surface area contributed by atoms with Gasteiger partial charge in [-0.3, -0.25) is 19.8 Å². The molecule has 0 spiro atoms. The number of fused-ring (bicyclic) bond motifs is 3. The fraction of sp³-hybridized carbons (Fsp3) is 0.462. The zero-order valence-corrected chi connectivity index (χ0v) is 19.5. The molecule has 5 unspecified atom stereocenters. The van der Waals surface area contributed by atoms with Crippen LogP contribution in [0.3, 0.4) is 0 Å². The molecule has 1 saturated heterocycles. The van der Waals surface area contributed by atoms with Crippen LogP contribution < -0.4 is 16.0 Å². The zero-order chi connectivity index (χ0) is 24.0. The van der Waals surface area contributed by atoms with Gasteiger partial charge in [0.15, 0.2) is 0 Å². The van der Waals surface area contributed by atoms with Gasteiger partial charge in [-0.15, -0.1) is 0 Å². The van der Waals surface area contributed by atoms with Gasteiger partial charge in [0, 0.05) is 6.04 Å². The number of carbonyl (C=O) groups excluding carboxylic acids is 4. The van der Waals surface area contributed by atoms with Crippen molar-refractivity contribution >= 4 is 34.6 Å². The average Bonchev–Trinajstić information content (AvgIpc) is 3.50. The first-order valence-corrected chi connectivity index (χ1v) is 12.0. The number of benzene rings is 2. The van der Waals surface area contributed by atoms with Crippen LogP contribution >= 0.6 is 0 Å². The van der Waals surface area contributed by atoms with E-state index in [4.69, 9.17) is 0 Å². The molecule has 2 aliphatic carbocycles. The average molecular weight is 463 g/mol. The van der Waals surface area contributed by atoms with Gasteiger partial charge < -0.3 is 10.6 Å². The minimum Gasteiger partial charge on any atom is -0.335 e. The number of nitrogens with zero attached hydrogens (tertiary/aromatic N) is 1. The van der Waals surface area contributed by atoms with Crippen LogP contribution in [0, 0.1) is 17.8 Å². The maximum absolute atomic E-state index is 13.2. The van der Waals surface area contributed by atoms with Gasteiger partial charge in [-0.1, -0.05) is 42.8 Å². The molecular formula is C26H30N4O4. The van der Waals surface area contributed by atoms with E-state index >= 15 is 0 Å². The third-order valence-corrected chi connectivity index (χ3v) is 7.95. The molecule has 2 aromatic rings. The number of carbonyl (C=O) groups is 4. The SMILES string of the molecule is CC(NC(=O)NC(=O)CN1C(=O)NC(C)(c2ccc3ccccc3c2)C1=O)C1CC2CCC1C2. The Morgan fingerprint density at radius 2 is 1.88 bits per heavy atom. The molecule has 3 aliphatic rings. The molecule has 5 rings (SSSR count). The van der Waals surface area contributed by atoms with Crippen molar-refractivity contribution in [2.45, 2.75) is 51.1 Å². The molecule has 2 saturated carbocycles. The lowest BCUT2D eigenvalue weighted by Crippen LogP contribution is -2.50. The van der Waals surface area contributed by atoms with E-state index in [1.165, 1.54) is 19.3 Å². The summed E-state index contributed by atoms with van der Waals surface area (Å²) in [5.74, 6) is 0.617. The van der Waals surface area contributed by atoms with Crippen molar-refractivity contribution in [2.24, 2.45) is 17.8 Å². The van der Waals surface area contributed by atoms with Crippen LogP contribution in [0.15, 0.2) is 42.5 Å². The standard InChI is InChI=1S/C26H30N4O4/c1-15(21-12-16-7-8-19(21)11-16)27-24(33)28-22(31)14-30-23(32)26(2,29-25(30)34)20-10-9-17-5-3-4-6-18(17)13-20/h3-6,9-10,13,15-16,19,21H,7-8,11-12,14H2,1-2H3,(H,29,34)(H2,27,28,31,33). The predicted octanol–water partition coefficient (Wildman–Crippen LogP) is 3.26. The Kier molecular flexibility index (Phi) is 5.54. The van der Waals surface area contributed by atoms with Crippen molar-refractivity contribution in [2.75, 3.05) is 6.54 Å². The summed E-state index contributed by atoms with van der Waals surface area (Å²) in [4.78, 5) is 51.5. The number of nitrogens with one attached hydrogen (secondary N) is 3. The number of hydrogen-bond acceptors (Lipinski definition) is 4. The van der Waals surface area contributed by atoms with Gasteiger partial charge in [-0.05, 0) is 73.3 Å². The highest BCUT2D eigenvalue weighted by molar-refractivity contribution is 6.10. The largest absolute Gasteiger partial charge is 0.335 e. The summed E-state index contributed by atoms with van der Waals surface area (Å²) in [7, 11) is 0. The summed E-state index contributed by atoms with van der Waals surface area (Å²) in [5.41, 5.74) is -0.662. The van der Waals surface area contributed by atoms with Gasteiger partial charge in [-0.2, -0.15) is 0 Å². The fourth-order valence-corrected chi connectivity index (χ4v) is 6.10. The van der Waals surface area contributed by atoms with Crippen molar-refractivity contribution in [1.82, 2.24) is 20.9 Å². The highest BCUT2D eigenvalue weighted by atomic mass is 16.2. The van der Waals surface area contributed by atoms with Gasteiger partial charge >= 0.3 is 12.1 Å². The Labute approximate surface area is 198 Å². The van der Waals surface area contributed by atoms with Crippen LogP contribution in [0.2, 0.25) is 0 Å². The van der Waals surface area contributed by atoms with Crippen LogP contribution in [-0.4, -0.2) is 41.4 Å². The van der Waals surface area contributed by atoms with Gasteiger partial charge in [0.2, 0.25) is 5.91 Å². The molecule has 5 atom stereocenters. The molecule has 2 bridgehead atoms. The summed E-state index contributed by atoms with van der Waals surface area (Å²) < 4.78 is 0. The molecule has 34 heavy (non-hydrogen) atoms. The van der Waals surface area contributed by atoms with E-state index in [1.807, 2.05) is 43.3 Å². The lowest BCUT2D eigenvalue weighted by molar-refractivity contribution is -0.134. The summed E-state index contributed by atoms with van der Waals surface area (Å²) in [5, 5.41) is 9.82. The first-order chi connectivity index (χ1) is 16.2. The molecule has 1 aliphatic heterocycles. The van der Waals surface area contributed by atoms with Crippen LogP contribution in [-0.2, 0) is 15.1 Å². The smallest absolute Gasteiger partial charge is 0.325 e. The Hall–Kier alpha value is -3.42. The second kappa shape index (κ2) is 8.42. The molecule has 8 nitrogen and oxygen atoms in total. The van der Waals surface area contributed by atoms with E-state index in [1.54, 1.807) is 13.0 Å². The third kappa shape index (κ3) is 3.91. The van der Waals surface area contributed by atoms with E-state index in [-0.39, 0.29) is 6.04 Å². The topological polar surface area (TPSA) is 108 Å². The highest BCUT2D eigenvalue weighted by Crippen LogP contribution is 2.49. The molecule has 3 N–H and O–H groups in total. The molecular weight excluding hydrogens is 432 g/mol. The molecule has 0 aromatic heterocycles. The van der Waals surface area contributed by atoms with Crippen molar-refractivity contribution in [3.05, 3.63) is 48.0 Å². The first-order valence-electron chi connectivity index (χ1n) is 12.0. The molecule has 0 radical (unpaired) electrons. The monoisotopic (exact) mass is 462 g/mol. The number of rotatable bonds is 5. The summed E-state index contributed by atoms with van der Waals surface area (Å²) in [6.45, 7) is 3.07. The summed E-state index contributed by atoms with van der Waals surface area (Å²) in [6.07, 6.45) is 4.85. The van der Waals surface area contributed by atoms with Gasteiger partial charge in [0.1, 0.15) is 12.1 Å². The van der Waals surface area contributed by atoms with Crippen molar-refractivity contribution in [3.8, 4) is 0 Å². The second-order valence-electron chi connectivity index (χ2n) is 10.2. The minimum atomic E-state index is -1.29. The summed E-state index contributed by atoms with van der Waals surface area (Å²) in [6, 6.07) is 12.0. The van der Waals surface area contributed by atoms with Gasteiger partial charge in [0.25, 0.3) is 5.91 Å². The lowest BCUT2D eigenvalue weighted by Gasteiger charge is -2.28. The number of hydrogen-bond donors (Lipinski definition) is 3. The maximum atomic E-state index is 13.2. The Bertz CT molecular complexity index is 1180. The molecule has 2 aromatic carbocycles. The zero-order valence-electron chi connectivity index (χ0n) is 19.5. The van der Waals surface area contributed by atoms with E-state index in [9.17, 15) is 19.2 Å². The fourth-order valence-electron chi connectivity index (χ4n) is 6.10. The molecule has 6 amide bonds. The molecule has 8 heteroatoms. The number of amides is 6. The van der Waals surface area contributed by atoms with Crippen LogP contribution in [0.1, 0.15) is 45.1 Å². The van der Waals surface area contributed by atoms with E-state index < -0.39 is 36.0 Å².